The summed E-state index contributed by atoms with van der Waals surface area (Å²) in [5.74, 6) is 0.741. The second kappa shape index (κ2) is 3.89. The molecule has 4 heteroatoms. The van der Waals surface area contributed by atoms with Gasteiger partial charge in [-0.15, -0.1) is 0 Å². The summed E-state index contributed by atoms with van der Waals surface area (Å²) in [7, 11) is 0. The standard InChI is InChI=1S/C13H12O4/c1-2-15-12-7-9-10(16-12)5-3-8-4-6-11(14)17-13(8)9/h3-6,12H,2,7H2,1H3. The lowest BCUT2D eigenvalue weighted by Crippen LogP contribution is -2.17. The van der Waals surface area contributed by atoms with Gasteiger partial charge in [-0.25, -0.2) is 4.79 Å². The van der Waals surface area contributed by atoms with Crippen LogP contribution in [0.15, 0.2) is 33.5 Å². The summed E-state index contributed by atoms with van der Waals surface area (Å²) >= 11 is 0. The van der Waals surface area contributed by atoms with Gasteiger partial charge >= 0.3 is 5.63 Å². The number of fused-ring (bicyclic) bond motifs is 3. The highest BCUT2D eigenvalue weighted by Crippen LogP contribution is 2.34. The fourth-order valence-electron chi connectivity index (χ4n) is 2.10. The summed E-state index contributed by atoms with van der Waals surface area (Å²) in [4.78, 5) is 11.3. The molecule has 0 radical (unpaired) electrons. The maximum Gasteiger partial charge on any atom is 0.336 e. The fourth-order valence-corrected chi connectivity index (χ4v) is 2.10. The molecule has 88 valence electrons. The zero-order valence-electron chi connectivity index (χ0n) is 9.43. The van der Waals surface area contributed by atoms with Crippen LogP contribution in [0.4, 0.5) is 0 Å². The Bertz CT molecular complexity index is 614. The molecule has 1 aliphatic rings. The van der Waals surface area contributed by atoms with Crippen LogP contribution in [0, 0.1) is 0 Å². The van der Waals surface area contributed by atoms with E-state index in [1.54, 1.807) is 6.07 Å². The molecule has 0 saturated carbocycles. The average Bonchev–Trinajstić information content (AvgIpc) is 2.72. The summed E-state index contributed by atoms with van der Waals surface area (Å²) in [6, 6.07) is 6.95. The molecule has 3 rings (SSSR count). The Morgan fingerprint density at radius 1 is 1.35 bits per heavy atom. The zero-order chi connectivity index (χ0) is 11.8. The van der Waals surface area contributed by atoms with Gasteiger partial charge in [-0.2, -0.15) is 0 Å². The molecule has 1 aliphatic heterocycles. The Hall–Kier alpha value is -1.81. The van der Waals surface area contributed by atoms with Crippen LogP contribution in [0.3, 0.4) is 0 Å². The Labute approximate surface area is 97.8 Å². The third kappa shape index (κ3) is 1.70. The second-order valence-electron chi connectivity index (χ2n) is 3.92. The van der Waals surface area contributed by atoms with E-state index in [9.17, 15) is 4.79 Å². The molecule has 4 nitrogen and oxygen atoms in total. The first kappa shape index (κ1) is 10.4. The van der Waals surface area contributed by atoms with E-state index in [-0.39, 0.29) is 11.9 Å². The smallest absolute Gasteiger partial charge is 0.336 e. The molecule has 1 unspecified atom stereocenters. The lowest BCUT2D eigenvalue weighted by atomic mass is 10.1. The maximum absolute atomic E-state index is 11.3. The zero-order valence-corrected chi connectivity index (χ0v) is 9.43. The molecule has 0 spiro atoms. The van der Waals surface area contributed by atoms with Gasteiger partial charge in [-0.1, -0.05) is 0 Å². The molecule has 0 N–H and O–H groups in total. The lowest BCUT2D eigenvalue weighted by Gasteiger charge is -2.08. The molecule has 0 bridgehead atoms. The quantitative estimate of drug-likeness (QED) is 0.744. The monoisotopic (exact) mass is 232 g/mol. The molecule has 2 aromatic rings. The van der Waals surface area contributed by atoms with E-state index < -0.39 is 0 Å². The average molecular weight is 232 g/mol. The molecular formula is C13H12O4. The van der Waals surface area contributed by atoms with Gasteiger partial charge in [0.1, 0.15) is 11.3 Å². The first-order valence-electron chi connectivity index (χ1n) is 5.62. The summed E-state index contributed by atoms with van der Waals surface area (Å²) in [5, 5.41) is 0.907. The van der Waals surface area contributed by atoms with Gasteiger partial charge in [-0.05, 0) is 25.1 Å². The van der Waals surface area contributed by atoms with Crippen LogP contribution in [-0.2, 0) is 11.2 Å². The van der Waals surface area contributed by atoms with E-state index in [0.29, 0.717) is 18.6 Å². The topological polar surface area (TPSA) is 48.7 Å². The highest BCUT2D eigenvalue weighted by Gasteiger charge is 2.26. The number of benzene rings is 1. The minimum Gasteiger partial charge on any atom is -0.464 e. The van der Waals surface area contributed by atoms with Crippen LogP contribution in [0.25, 0.3) is 11.0 Å². The van der Waals surface area contributed by atoms with Crippen molar-refractivity contribution in [3.05, 3.63) is 40.2 Å². The lowest BCUT2D eigenvalue weighted by molar-refractivity contribution is -0.0602. The molecule has 1 aromatic heterocycles. The second-order valence-corrected chi connectivity index (χ2v) is 3.92. The van der Waals surface area contributed by atoms with Gasteiger partial charge in [0.05, 0.1) is 0 Å². The van der Waals surface area contributed by atoms with Crippen molar-refractivity contribution in [2.75, 3.05) is 6.61 Å². The Balaban J connectivity index is 2.12. The van der Waals surface area contributed by atoms with E-state index in [1.807, 2.05) is 19.1 Å². The Kier molecular flexibility index (Phi) is 2.37. The van der Waals surface area contributed by atoms with Crippen molar-refractivity contribution in [2.24, 2.45) is 0 Å². The molecule has 1 aromatic carbocycles. The molecule has 1 atom stereocenters. The minimum absolute atomic E-state index is 0.272. The molecule has 2 heterocycles. The van der Waals surface area contributed by atoms with Crippen LogP contribution in [-0.4, -0.2) is 12.9 Å². The highest BCUT2D eigenvalue weighted by atomic mass is 16.7. The van der Waals surface area contributed by atoms with Gasteiger partial charge in [0.25, 0.3) is 0 Å². The van der Waals surface area contributed by atoms with E-state index >= 15 is 0 Å². The largest absolute Gasteiger partial charge is 0.464 e. The van der Waals surface area contributed by atoms with E-state index in [4.69, 9.17) is 13.9 Å². The molecule has 0 fully saturated rings. The van der Waals surface area contributed by atoms with Gasteiger partial charge in [0.15, 0.2) is 0 Å². The first-order valence-corrected chi connectivity index (χ1v) is 5.62. The van der Waals surface area contributed by atoms with E-state index in [2.05, 4.69) is 0 Å². The Morgan fingerprint density at radius 2 is 2.18 bits per heavy atom. The molecule has 0 aliphatic carbocycles. The molecular weight excluding hydrogens is 220 g/mol. The van der Waals surface area contributed by atoms with Crippen molar-refractivity contribution in [2.45, 2.75) is 19.6 Å². The predicted octanol–water partition coefficient (Wildman–Crippen LogP) is 2.09. The summed E-state index contributed by atoms with van der Waals surface area (Å²) < 4.78 is 16.3. The van der Waals surface area contributed by atoms with Crippen molar-refractivity contribution in [3.63, 3.8) is 0 Å². The highest BCUT2D eigenvalue weighted by molar-refractivity contribution is 5.82. The summed E-state index contributed by atoms with van der Waals surface area (Å²) in [6.07, 6.45) is 0.346. The fraction of sp³-hybridized carbons (Fsp3) is 0.308. The van der Waals surface area contributed by atoms with Crippen LogP contribution < -0.4 is 10.4 Å². The van der Waals surface area contributed by atoms with Crippen LogP contribution in [0.5, 0.6) is 5.75 Å². The van der Waals surface area contributed by atoms with Crippen LogP contribution in [0.2, 0.25) is 0 Å². The predicted molar refractivity (Wildman–Crippen MR) is 62.2 cm³/mol. The first-order chi connectivity index (χ1) is 8.28. The molecule has 0 amide bonds. The van der Waals surface area contributed by atoms with Crippen molar-refractivity contribution in [3.8, 4) is 5.75 Å². The van der Waals surface area contributed by atoms with E-state index in [0.717, 1.165) is 16.7 Å². The molecule has 0 saturated heterocycles. The normalized spacial score (nSPS) is 18.1. The van der Waals surface area contributed by atoms with Gasteiger partial charge < -0.3 is 13.9 Å². The van der Waals surface area contributed by atoms with Crippen LogP contribution >= 0.6 is 0 Å². The van der Waals surface area contributed by atoms with Crippen molar-refractivity contribution < 1.29 is 13.9 Å². The minimum atomic E-state index is -0.342. The van der Waals surface area contributed by atoms with Gasteiger partial charge in [-0.3, -0.25) is 0 Å². The Morgan fingerprint density at radius 3 is 3.00 bits per heavy atom. The molecule has 17 heavy (non-hydrogen) atoms. The van der Waals surface area contributed by atoms with Gasteiger partial charge in [0, 0.05) is 30.0 Å². The summed E-state index contributed by atoms with van der Waals surface area (Å²) in [5.41, 5.74) is 1.18. The maximum atomic E-state index is 11.3. The number of hydrogen-bond acceptors (Lipinski definition) is 4. The van der Waals surface area contributed by atoms with Crippen molar-refractivity contribution in [1.82, 2.24) is 0 Å². The number of rotatable bonds is 2. The third-order valence-electron chi connectivity index (χ3n) is 2.83. The van der Waals surface area contributed by atoms with Crippen LogP contribution in [0.1, 0.15) is 12.5 Å². The third-order valence-corrected chi connectivity index (χ3v) is 2.83. The number of hydrogen-bond donors (Lipinski definition) is 0. The SMILES string of the molecule is CCOC1Cc2c(ccc3ccc(=O)oc23)O1. The van der Waals surface area contributed by atoms with E-state index in [1.165, 1.54) is 6.07 Å². The van der Waals surface area contributed by atoms with Crippen molar-refractivity contribution in [1.29, 1.82) is 0 Å². The summed E-state index contributed by atoms with van der Waals surface area (Å²) in [6.45, 7) is 2.52. The number of ether oxygens (including phenoxy) is 2. The van der Waals surface area contributed by atoms with Crippen molar-refractivity contribution >= 4 is 11.0 Å². The van der Waals surface area contributed by atoms with Gasteiger partial charge in [0.2, 0.25) is 6.29 Å².